The van der Waals surface area contributed by atoms with E-state index in [0.717, 1.165) is 25.6 Å². The van der Waals surface area contributed by atoms with Crippen LogP contribution in [0.25, 0.3) is 0 Å². The summed E-state index contributed by atoms with van der Waals surface area (Å²) in [5.74, 6) is 0.757. The minimum Gasteiger partial charge on any atom is -0.355 e. The van der Waals surface area contributed by atoms with Crippen LogP contribution < -0.4 is 4.90 Å². The molecule has 120 valence electrons. The van der Waals surface area contributed by atoms with Gasteiger partial charge in [0, 0.05) is 25.2 Å². The Morgan fingerprint density at radius 2 is 2.17 bits per heavy atom. The average Bonchev–Trinajstić information content (AvgIpc) is 3.05. The molecule has 0 radical (unpaired) electrons. The number of imidazole rings is 1. The van der Waals surface area contributed by atoms with Crippen LogP contribution in [-0.2, 0) is 6.18 Å². The number of nitrogens with one attached hydrogen (secondary N) is 1. The number of aromatic nitrogens is 3. The zero-order valence-corrected chi connectivity index (χ0v) is 12.1. The lowest BCUT2D eigenvalue weighted by Crippen LogP contribution is -2.35. The molecule has 0 aliphatic carbocycles. The van der Waals surface area contributed by atoms with E-state index in [-0.39, 0.29) is 5.92 Å². The highest BCUT2D eigenvalue weighted by Crippen LogP contribution is 2.32. The van der Waals surface area contributed by atoms with Crippen molar-refractivity contribution in [3.63, 3.8) is 0 Å². The molecule has 0 amide bonds. The summed E-state index contributed by atoms with van der Waals surface area (Å²) >= 11 is 0. The van der Waals surface area contributed by atoms with E-state index in [9.17, 15) is 13.2 Å². The highest BCUT2D eigenvalue weighted by atomic mass is 19.4. The van der Waals surface area contributed by atoms with E-state index in [4.69, 9.17) is 5.26 Å². The maximum Gasteiger partial charge on any atom is 0.432 e. The Labute approximate surface area is 130 Å². The monoisotopic (exact) mass is 321 g/mol. The van der Waals surface area contributed by atoms with Crippen molar-refractivity contribution < 1.29 is 13.2 Å². The molecule has 0 unspecified atom stereocenters. The Bertz CT molecular complexity index is 731. The van der Waals surface area contributed by atoms with Gasteiger partial charge in [-0.3, -0.25) is 0 Å². The van der Waals surface area contributed by atoms with E-state index in [1.165, 1.54) is 0 Å². The van der Waals surface area contributed by atoms with Crippen molar-refractivity contribution in [1.29, 1.82) is 5.26 Å². The normalized spacial score (nSPS) is 18.7. The number of alkyl halides is 3. The lowest BCUT2D eigenvalue weighted by atomic mass is 9.97. The van der Waals surface area contributed by atoms with Crippen molar-refractivity contribution >= 4 is 5.82 Å². The summed E-state index contributed by atoms with van der Waals surface area (Å²) in [6, 6.07) is 5.46. The smallest absolute Gasteiger partial charge is 0.355 e. The van der Waals surface area contributed by atoms with Gasteiger partial charge in [0.1, 0.15) is 23.4 Å². The summed E-state index contributed by atoms with van der Waals surface area (Å²) < 4.78 is 38.0. The fourth-order valence-corrected chi connectivity index (χ4v) is 2.82. The summed E-state index contributed by atoms with van der Waals surface area (Å²) in [7, 11) is 0. The summed E-state index contributed by atoms with van der Waals surface area (Å²) in [5.41, 5.74) is -0.372. The lowest BCUT2D eigenvalue weighted by Gasteiger charge is -2.33. The Hall–Kier alpha value is -2.56. The predicted octanol–water partition coefficient (Wildman–Crippen LogP) is 3.08. The maximum atomic E-state index is 12.7. The third-order valence-corrected chi connectivity index (χ3v) is 3.92. The average molecular weight is 321 g/mol. The van der Waals surface area contributed by atoms with Crippen LogP contribution in [0.2, 0.25) is 0 Å². The summed E-state index contributed by atoms with van der Waals surface area (Å²) in [4.78, 5) is 12.4. The molecule has 0 bridgehead atoms. The maximum absolute atomic E-state index is 12.7. The van der Waals surface area contributed by atoms with Crippen molar-refractivity contribution in [3.05, 3.63) is 41.6 Å². The number of anilines is 1. The molecule has 0 saturated carbocycles. The van der Waals surface area contributed by atoms with E-state index >= 15 is 0 Å². The van der Waals surface area contributed by atoms with E-state index < -0.39 is 11.9 Å². The van der Waals surface area contributed by atoms with Gasteiger partial charge in [-0.05, 0) is 25.0 Å². The zero-order chi connectivity index (χ0) is 16.4. The van der Waals surface area contributed by atoms with Gasteiger partial charge in [0.2, 0.25) is 0 Å². The first kappa shape index (κ1) is 15.3. The van der Waals surface area contributed by atoms with Crippen LogP contribution >= 0.6 is 0 Å². The van der Waals surface area contributed by atoms with Crippen LogP contribution in [-0.4, -0.2) is 28.0 Å². The number of aromatic amines is 1. The predicted molar refractivity (Wildman–Crippen MR) is 76.7 cm³/mol. The van der Waals surface area contributed by atoms with Gasteiger partial charge in [-0.25, -0.2) is 9.97 Å². The SMILES string of the molecule is N#Cc1cccnc1N1CCC[C@H](c2ncc(C(F)(F)F)[nH]2)C1. The molecule has 1 aliphatic rings. The summed E-state index contributed by atoms with van der Waals surface area (Å²) in [6.45, 7) is 1.20. The van der Waals surface area contributed by atoms with E-state index in [1.807, 2.05) is 4.90 Å². The van der Waals surface area contributed by atoms with Crippen molar-refractivity contribution in [1.82, 2.24) is 15.0 Å². The lowest BCUT2D eigenvalue weighted by molar-refractivity contribution is -0.141. The minimum atomic E-state index is -4.42. The molecule has 5 nitrogen and oxygen atoms in total. The second-order valence-corrected chi connectivity index (χ2v) is 5.45. The Morgan fingerprint density at radius 1 is 1.35 bits per heavy atom. The first-order valence-corrected chi connectivity index (χ1v) is 7.21. The number of halogens is 3. The number of hydrogen-bond acceptors (Lipinski definition) is 4. The van der Waals surface area contributed by atoms with E-state index in [2.05, 4.69) is 21.0 Å². The fourth-order valence-electron chi connectivity index (χ4n) is 2.82. The molecule has 23 heavy (non-hydrogen) atoms. The van der Waals surface area contributed by atoms with E-state index in [1.54, 1.807) is 18.3 Å². The van der Waals surface area contributed by atoms with Crippen molar-refractivity contribution in [2.75, 3.05) is 18.0 Å². The van der Waals surface area contributed by atoms with Gasteiger partial charge in [0.05, 0.1) is 11.8 Å². The van der Waals surface area contributed by atoms with Crippen molar-refractivity contribution in [2.24, 2.45) is 0 Å². The first-order valence-electron chi connectivity index (χ1n) is 7.21. The molecule has 2 aromatic rings. The van der Waals surface area contributed by atoms with Crippen LogP contribution in [0.1, 0.15) is 35.8 Å². The molecule has 2 aromatic heterocycles. The fraction of sp³-hybridized carbons (Fsp3) is 0.400. The second kappa shape index (κ2) is 5.91. The summed E-state index contributed by atoms with van der Waals surface area (Å²) in [6.07, 6.45) is -0.442. The molecule has 0 aromatic carbocycles. The second-order valence-electron chi connectivity index (χ2n) is 5.45. The van der Waals surface area contributed by atoms with Gasteiger partial charge in [0.15, 0.2) is 0 Å². The van der Waals surface area contributed by atoms with Crippen LogP contribution in [0, 0.1) is 11.3 Å². The number of nitrogens with zero attached hydrogens (tertiary/aromatic N) is 4. The third-order valence-electron chi connectivity index (χ3n) is 3.92. The third kappa shape index (κ3) is 3.13. The van der Waals surface area contributed by atoms with Gasteiger partial charge < -0.3 is 9.88 Å². The number of rotatable bonds is 2. The van der Waals surface area contributed by atoms with Gasteiger partial charge in [0.25, 0.3) is 0 Å². The Morgan fingerprint density at radius 3 is 2.87 bits per heavy atom. The topological polar surface area (TPSA) is 68.6 Å². The molecule has 3 rings (SSSR count). The molecule has 8 heteroatoms. The van der Waals surface area contributed by atoms with E-state index in [0.29, 0.717) is 23.8 Å². The molecular formula is C15H14F3N5. The van der Waals surface area contributed by atoms with Crippen molar-refractivity contribution in [3.8, 4) is 6.07 Å². The quantitative estimate of drug-likeness (QED) is 0.923. The molecule has 3 heterocycles. The number of piperidine rings is 1. The zero-order valence-electron chi connectivity index (χ0n) is 12.1. The minimum absolute atomic E-state index is 0.145. The molecular weight excluding hydrogens is 307 g/mol. The largest absolute Gasteiger partial charge is 0.432 e. The van der Waals surface area contributed by atoms with Gasteiger partial charge in [-0.2, -0.15) is 18.4 Å². The van der Waals surface area contributed by atoms with Gasteiger partial charge in [-0.15, -0.1) is 0 Å². The molecule has 1 aliphatic heterocycles. The number of H-pyrrole nitrogens is 1. The van der Waals surface area contributed by atoms with Gasteiger partial charge >= 0.3 is 6.18 Å². The number of nitriles is 1. The Balaban J connectivity index is 1.81. The number of pyridine rings is 1. The standard InChI is InChI=1S/C15H14F3N5/c16-15(17,18)12-8-21-13(22-12)11-4-2-6-23(9-11)14-10(7-19)3-1-5-20-14/h1,3,5,8,11H,2,4,6,9H2,(H,21,22)/t11-/m0/s1. The Kier molecular flexibility index (Phi) is 3.94. The highest BCUT2D eigenvalue weighted by molar-refractivity contribution is 5.53. The molecule has 0 spiro atoms. The first-order chi connectivity index (χ1) is 11.0. The molecule has 1 saturated heterocycles. The molecule has 1 fully saturated rings. The van der Waals surface area contributed by atoms with Crippen LogP contribution in [0.3, 0.4) is 0 Å². The van der Waals surface area contributed by atoms with Crippen molar-refractivity contribution in [2.45, 2.75) is 24.9 Å². The molecule has 1 N–H and O–H groups in total. The number of hydrogen-bond donors (Lipinski definition) is 1. The summed E-state index contributed by atoms with van der Waals surface area (Å²) in [5, 5.41) is 9.16. The van der Waals surface area contributed by atoms with Crippen LogP contribution in [0.4, 0.5) is 19.0 Å². The highest BCUT2D eigenvalue weighted by Gasteiger charge is 2.34. The molecule has 1 atom stereocenters. The van der Waals surface area contributed by atoms with Crippen LogP contribution in [0.15, 0.2) is 24.5 Å². The van der Waals surface area contributed by atoms with Crippen LogP contribution in [0.5, 0.6) is 0 Å². The van der Waals surface area contributed by atoms with Gasteiger partial charge in [-0.1, -0.05) is 0 Å².